The summed E-state index contributed by atoms with van der Waals surface area (Å²) < 4.78 is 28.6. The molecule has 1 heterocycles. The Balaban J connectivity index is 1.82. The second-order valence-corrected chi connectivity index (χ2v) is 9.49. The minimum absolute atomic E-state index is 0.280. The number of hydrogen-bond acceptors (Lipinski definition) is 6. The topological polar surface area (TPSA) is 92.7 Å². The zero-order valence-corrected chi connectivity index (χ0v) is 18.4. The smallest absolute Gasteiger partial charge is 0.191 e. The normalized spacial score (nSPS) is 12.2. The number of aliphatic imine (C=N–C) groups is 1. The van der Waals surface area contributed by atoms with Crippen LogP contribution in [0.1, 0.15) is 37.4 Å². The summed E-state index contributed by atoms with van der Waals surface area (Å²) in [7, 11) is -3.19. The maximum absolute atomic E-state index is 11.5. The van der Waals surface area contributed by atoms with Gasteiger partial charge in [-0.25, -0.2) is 18.4 Å². The van der Waals surface area contributed by atoms with Crippen molar-refractivity contribution in [2.75, 3.05) is 26.0 Å². The molecule has 2 aromatic rings. The first-order chi connectivity index (χ1) is 13.3. The fraction of sp³-hybridized carbons (Fsp3) is 0.474. The Morgan fingerprint density at radius 2 is 1.96 bits per heavy atom. The zero-order valence-electron chi connectivity index (χ0n) is 16.7. The zero-order chi connectivity index (χ0) is 20.6. The summed E-state index contributed by atoms with van der Waals surface area (Å²) >= 11 is 1.63. The molecular weight excluding hydrogens is 396 g/mol. The van der Waals surface area contributed by atoms with E-state index in [9.17, 15) is 8.42 Å². The van der Waals surface area contributed by atoms with E-state index in [1.54, 1.807) is 35.6 Å². The molecule has 1 aromatic carbocycles. The molecule has 2 N–H and O–H groups in total. The number of hydrogen-bond donors (Lipinski definition) is 2. The lowest BCUT2D eigenvalue weighted by Crippen LogP contribution is -2.39. The Morgan fingerprint density at radius 3 is 2.54 bits per heavy atom. The van der Waals surface area contributed by atoms with Crippen LogP contribution in [-0.4, -0.2) is 45.3 Å². The number of benzene rings is 1. The molecule has 0 aliphatic rings. The highest BCUT2D eigenvalue weighted by Gasteiger charge is 2.07. The molecule has 1 aromatic heterocycles. The van der Waals surface area contributed by atoms with E-state index < -0.39 is 9.84 Å². The van der Waals surface area contributed by atoms with Gasteiger partial charge in [0.1, 0.15) is 17.4 Å². The average molecular weight is 425 g/mol. The summed E-state index contributed by atoms with van der Waals surface area (Å²) in [6.07, 6.45) is 1.18. The first kappa shape index (κ1) is 22.2. The van der Waals surface area contributed by atoms with Gasteiger partial charge in [-0.2, -0.15) is 0 Å². The average Bonchev–Trinajstić information content (AvgIpc) is 3.12. The van der Waals surface area contributed by atoms with Crippen molar-refractivity contribution in [1.82, 2.24) is 15.6 Å². The van der Waals surface area contributed by atoms with Gasteiger partial charge in [-0.05, 0) is 37.1 Å². The summed E-state index contributed by atoms with van der Waals surface area (Å²) in [4.78, 5) is 9.43. The first-order valence-electron chi connectivity index (χ1n) is 9.19. The number of aromatic nitrogens is 1. The third-order valence-electron chi connectivity index (χ3n) is 3.79. The van der Waals surface area contributed by atoms with E-state index in [1.807, 2.05) is 6.92 Å². The Labute approximate surface area is 171 Å². The maximum Gasteiger partial charge on any atom is 0.191 e. The van der Waals surface area contributed by atoms with Gasteiger partial charge in [-0.1, -0.05) is 13.8 Å². The molecule has 0 radical (unpaired) electrons. The van der Waals surface area contributed by atoms with E-state index in [1.165, 1.54) is 6.26 Å². The van der Waals surface area contributed by atoms with Gasteiger partial charge in [-0.3, -0.25) is 0 Å². The maximum atomic E-state index is 11.5. The van der Waals surface area contributed by atoms with Crippen LogP contribution < -0.4 is 15.4 Å². The number of rotatable bonds is 9. The predicted octanol–water partition coefficient (Wildman–Crippen LogP) is 2.80. The Morgan fingerprint density at radius 1 is 1.25 bits per heavy atom. The van der Waals surface area contributed by atoms with Gasteiger partial charge in [0.2, 0.25) is 0 Å². The third kappa shape index (κ3) is 7.12. The van der Waals surface area contributed by atoms with Crippen molar-refractivity contribution in [3.63, 3.8) is 0 Å². The van der Waals surface area contributed by atoms with Crippen LogP contribution in [0.25, 0.3) is 0 Å². The number of ether oxygens (including phenoxy) is 1. The molecule has 0 aliphatic heterocycles. The molecule has 154 valence electrons. The summed E-state index contributed by atoms with van der Waals surface area (Å²) in [5.41, 5.74) is 1.10. The number of nitrogens with one attached hydrogen (secondary N) is 2. The number of sulfone groups is 1. The number of nitrogens with zero attached hydrogens (tertiary/aromatic N) is 2. The molecule has 0 saturated heterocycles. The molecule has 0 atom stereocenters. The fourth-order valence-corrected chi connectivity index (χ4v) is 3.78. The van der Waals surface area contributed by atoms with Gasteiger partial charge in [0, 0.05) is 18.2 Å². The highest BCUT2D eigenvalue weighted by atomic mass is 32.2. The summed E-state index contributed by atoms with van der Waals surface area (Å²) in [6, 6.07) is 6.40. The molecule has 2 rings (SSSR count). The van der Waals surface area contributed by atoms with E-state index in [-0.39, 0.29) is 4.90 Å². The molecule has 0 unspecified atom stereocenters. The highest BCUT2D eigenvalue weighted by Crippen LogP contribution is 2.18. The highest BCUT2D eigenvalue weighted by molar-refractivity contribution is 7.90. The minimum atomic E-state index is -3.19. The quantitative estimate of drug-likeness (QED) is 0.365. The summed E-state index contributed by atoms with van der Waals surface area (Å²) in [5, 5.41) is 9.49. The van der Waals surface area contributed by atoms with Crippen molar-refractivity contribution in [1.29, 1.82) is 0 Å². The number of thiazole rings is 1. The van der Waals surface area contributed by atoms with Crippen LogP contribution in [-0.2, 0) is 16.4 Å². The van der Waals surface area contributed by atoms with Crippen molar-refractivity contribution in [2.24, 2.45) is 4.99 Å². The Kier molecular flexibility index (Phi) is 8.25. The van der Waals surface area contributed by atoms with Crippen LogP contribution in [0.4, 0.5) is 0 Å². The standard InChI is InChI=1S/C19H28N4O3S2/c1-5-20-19(22-12-18-23-17(13-27-18)14(2)3)21-10-11-26-15-6-8-16(9-7-15)28(4,24)25/h6-9,13-14H,5,10-12H2,1-4H3,(H2,20,21,22). The van der Waals surface area contributed by atoms with Crippen molar-refractivity contribution >= 4 is 27.1 Å². The van der Waals surface area contributed by atoms with Gasteiger partial charge in [0.05, 0.1) is 23.7 Å². The summed E-state index contributed by atoms with van der Waals surface area (Å²) in [5.74, 6) is 1.75. The van der Waals surface area contributed by atoms with Gasteiger partial charge in [0.25, 0.3) is 0 Å². The summed E-state index contributed by atoms with van der Waals surface area (Å²) in [6.45, 7) is 8.55. The third-order valence-corrected chi connectivity index (χ3v) is 5.77. The van der Waals surface area contributed by atoms with Crippen molar-refractivity contribution in [3.8, 4) is 5.75 Å². The fourth-order valence-electron chi connectivity index (χ4n) is 2.27. The van der Waals surface area contributed by atoms with Crippen molar-refractivity contribution < 1.29 is 13.2 Å². The van der Waals surface area contributed by atoms with E-state index in [4.69, 9.17) is 4.74 Å². The van der Waals surface area contributed by atoms with Gasteiger partial charge >= 0.3 is 0 Å². The van der Waals surface area contributed by atoms with E-state index in [0.717, 1.165) is 17.2 Å². The lowest BCUT2D eigenvalue weighted by molar-refractivity contribution is 0.321. The molecule has 0 aliphatic carbocycles. The van der Waals surface area contributed by atoms with E-state index in [2.05, 4.69) is 39.8 Å². The Hall–Kier alpha value is -2.13. The van der Waals surface area contributed by atoms with Crippen LogP contribution in [0.15, 0.2) is 39.5 Å². The van der Waals surface area contributed by atoms with E-state index in [0.29, 0.717) is 37.3 Å². The SMILES string of the molecule is CCNC(=NCc1nc(C(C)C)cs1)NCCOc1ccc(S(C)(=O)=O)cc1. The predicted molar refractivity (Wildman–Crippen MR) is 114 cm³/mol. The van der Waals surface area contributed by atoms with Crippen LogP contribution in [0.5, 0.6) is 5.75 Å². The van der Waals surface area contributed by atoms with Crippen molar-refractivity contribution in [3.05, 3.63) is 40.3 Å². The molecular formula is C19H28N4O3S2. The van der Waals surface area contributed by atoms with Crippen LogP contribution in [0, 0.1) is 0 Å². The lowest BCUT2D eigenvalue weighted by Gasteiger charge is -2.12. The van der Waals surface area contributed by atoms with Crippen molar-refractivity contribution in [2.45, 2.75) is 38.1 Å². The Bertz CT molecular complexity index is 875. The molecule has 9 heteroatoms. The van der Waals surface area contributed by atoms with Gasteiger partial charge in [0.15, 0.2) is 15.8 Å². The minimum Gasteiger partial charge on any atom is -0.492 e. The van der Waals surface area contributed by atoms with Crippen LogP contribution in [0.3, 0.4) is 0 Å². The molecule has 7 nitrogen and oxygen atoms in total. The van der Waals surface area contributed by atoms with E-state index >= 15 is 0 Å². The molecule has 0 saturated carbocycles. The first-order valence-corrected chi connectivity index (χ1v) is 12.0. The second kappa shape index (κ2) is 10.4. The lowest BCUT2D eigenvalue weighted by atomic mass is 10.2. The number of guanidine groups is 1. The molecule has 0 fully saturated rings. The monoisotopic (exact) mass is 424 g/mol. The molecule has 0 spiro atoms. The van der Waals surface area contributed by atoms with Crippen LogP contribution in [0.2, 0.25) is 0 Å². The largest absolute Gasteiger partial charge is 0.492 e. The van der Waals surface area contributed by atoms with Crippen LogP contribution >= 0.6 is 11.3 Å². The molecule has 0 amide bonds. The second-order valence-electron chi connectivity index (χ2n) is 6.53. The molecule has 0 bridgehead atoms. The molecule has 28 heavy (non-hydrogen) atoms. The van der Waals surface area contributed by atoms with Gasteiger partial charge in [-0.15, -0.1) is 11.3 Å². The van der Waals surface area contributed by atoms with Gasteiger partial charge < -0.3 is 15.4 Å².